The average molecular weight is 259 g/mol. The summed E-state index contributed by atoms with van der Waals surface area (Å²) in [5.74, 6) is 1.31. The van der Waals surface area contributed by atoms with Crippen LogP contribution < -0.4 is 15.2 Å². The van der Waals surface area contributed by atoms with E-state index in [0.717, 1.165) is 11.3 Å². The van der Waals surface area contributed by atoms with Gasteiger partial charge < -0.3 is 15.2 Å². The Hall–Kier alpha value is -2.14. The van der Waals surface area contributed by atoms with E-state index in [9.17, 15) is 0 Å². The molecule has 1 aromatic heterocycles. The maximum atomic E-state index is 6.15. The van der Waals surface area contributed by atoms with Gasteiger partial charge in [-0.1, -0.05) is 12.1 Å². The van der Waals surface area contributed by atoms with Crippen LogP contribution in [0.3, 0.4) is 0 Å². The number of hydrogen-bond donors (Lipinski definition) is 1. The zero-order valence-corrected chi connectivity index (χ0v) is 11.0. The van der Waals surface area contributed by atoms with E-state index in [1.54, 1.807) is 13.2 Å². The highest BCUT2D eigenvalue weighted by Gasteiger charge is 2.11. The van der Waals surface area contributed by atoms with Crippen molar-refractivity contribution in [3.05, 3.63) is 47.7 Å². The molecule has 0 aliphatic carbocycles. The molecule has 0 spiro atoms. The molecule has 0 aliphatic heterocycles. The molecular weight excluding hydrogens is 242 g/mol. The van der Waals surface area contributed by atoms with Crippen LogP contribution >= 0.6 is 0 Å². The van der Waals surface area contributed by atoms with Gasteiger partial charge in [0.1, 0.15) is 5.75 Å². The number of ether oxygens (including phenoxy) is 2. The number of benzene rings is 1. The van der Waals surface area contributed by atoms with Crippen LogP contribution in [0.25, 0.3) is 0 Å². The molecule has 2 aromatic rings. The summed E-state index contributed by atoms with van der Waals surface area (Å²) < 4.78 is 10.4. The van der Waals surface area contributed by atoms with Gasteiger partial charge in [0.25, 0.3) is 0 Å². The second-order valence-corrected chi connectivity index (χ2v) is 3.98. The van der Waals surface area contributed by atoms with Crippen molar-refractivity contribution in [2.75, 3.05) is 13.7 Å². The first-order chi connectivity index (χ1) is 9.24. The van der Waals surface area contributed by atoms with Gasteiger partial charge in [-0.3, -0.25) is 0 Å². The van der Waals surface area contributed by atoms with Crippen molar-refractivity contribution in [1.82, 2.24) is 10.2 Å². The summed E-state index contributed by atoms with van der Waals surface area (Å²) in [7, 11) is 1.55. The van der Waals surface area contributed by atoms with Gasteiger partial charge in [0.2, 0.25) is 5.88 Å². The van der Waals surface area contributed by atoms with Gasteiger partial charge in [0.15, 0.2) is 0 Å². The van der Waals surface area contributed by atoms with Gasteiger partial charge in [-0.2, -0.15) is 0 Å². The largest absolute Gasteiger partial charge is 0.494 e. The normalized spacial score (nSPS) is 11.9. The SMILES string of the molecule is CCOc1ccc(C(N)c2ccc(OC)nn2)cc1. The van der Waals surface area contributed by atoms with E-state index in [2.05, 4.69) is 10.2 Å². The first-order valence-corrected chi connectivity index (χ1v) is 6.10. The molecule has 1 heterocycles. The molecule has 2 rings (SSSR count). The molecule has 5 heteroatoms. The van der Waals surface area contributed by atoms with Crippen molar-refractivity contribution in [2.45, 2.75) is 13.0 Å². The zero-order chi connectivity index (χ0) is 13.7. The fourth-order valence-corrected chi connectivity index (χ4v) is 1.71. The van der Waals surface area contributed by atoms with E-state index in [0.29, 0.717) is 18.2 Å². The summed E-state index contributed by atoms with van der Waals surface area (Å²) >= 11 is 0. The van der Waals surface area contributed by atoms with Crippen molar-refractivity contribution in [1.29, 1.82) is 0 Å². The summed E-state index contributed by atoms with van der Waals surface area (Å²) in [4.78, 5) is 0. The summed E-state index contributed by atoms with van der Waals surface area (Å²) in [5.41, 5.74) is 7.81. The standard InChI is InChI=1S/C14H17N3O2/c1-3-19-11-6-4-10(5-7-11)14(15)12-8-9-13(18-2)17-16-12/h4-9,14H,3,15H2,1-2H3. The topological polar surface area (TPSA) is 70.3 Å². The molecular formula is C14H17N3O2. The maximum absolute atomic E-state index is 6.15. The summed E-state index contributed by atoms with van der Waals surface area (Å²) in [6, 6.07) is 10.9. The molecule has 0 saturated carbocycles. The smallest absolute Gasteiger partial charge is 0.233 e. The Morgan fingerprint density at radius 2 is 1.84 bits per heavy atom. The molecule has 1 unspecified atom stereocenters. The molecule has 100 valence electrons. The second kappa shape index (κ2) is 6.15. The highest BCUT2D eigenvalue weighted by atomic mass is 16.5. The molecule has 19 heavy (non-hydrogen) atoms. The molecule has 0 amide bonds. The first-order valence-electron chi connectivity index (χ1n) is 6.10. The van der Waals surface area contributed by atoms with Crippen LogP contribution in [0.4, 0.5) is 0 Å². The fourth-order valence-electron chi connectivity index (χ4n) is 1.71. The number of methoxy groups -OCH3 is 1. The van der Waals surface area contributed by atoms with Gasteiger partial charge in [0.05, 0.1) is 25.5 Å². The summed E-state index contributed by atoms with van der Waals surface area (Å²) in [6.07, 6.45) is 0. The Balaban J connectivity index is 2.15. The lowest BCUT2D eigenvalue weighted by molar-refractivity contribution is 0.340. The Labute approximate surface area is 112 Å². The summed E-state index contributed by atoms with van der Waals surface area (Å²) in [5, 5.41) is 7.97. The Bertz CT molecular complexity index is 511. The third-order valence-electron chi connectivity index (χ3n) is 2.74. The molecule has 0 radical (unpaired) electrons. The highest BCUT2D eigenvalue weighted by Crippen LogP contribution is 2.21. The number of rotatable bonds is 5. The maximum Gasteiger partial charge on any atom is 0.233 e. The minimum atomic E-state index is -0.311. The molecule has 2 N–H and O–H groups in total. The average Bonchev–Trinajstić information content (AvgIpc) is 2.48. The van der Waals surface area contributed by atoms with E-state index in [4.69, 9.17) is 15.2 Å². The van der Waals surface area contributed by atoms with E-state index in [-0.39, 0.29) is 6.04 Å². The lowest BCUT2D eigenvalue weighted by Crippen LogP contribution is -2.14. The Morgan fingerprint density at radius 3 is 2.37 bits per heavy atom. The first kappa shape index (κ1) is 13.3. The molecule has 0 aliphatic rings. The van der Waals surface area contributed by atoms with Crippen LogP contribution in [0.1, 0.15) is 24.2 Å². The Morgan fingerprint density at radius 1 is 1.11 bits per heavy atom. The molecule has 1 aromatic carbocycles. The van der Waals surface area contributed by atoms with E-state index in [1.165, 1.54) is 0 Å². The van der Waals surface area contributed by atoms with E-state index in [1.807, 2.05) is 37.3 Å². The predicted octanol–water partition coefficient (Wildman–Crippen LogP) is 1.93. The minimum absolute atomic E-state index is 0.311. The van der Waals surface area contributed by atoms with Crippen LogP contribution in [-0.4, -0.2) is 23.9 Å². The van der Waals surface area contributed by atoms with Gasteiger partial charge >= 0.3 is 0 Å². The van der Waals surface area contributed by atoms with Crippen molar-refractivity contribution in [3.8, 4) is 11.6 Å². The third kappa shape index (κ3) is 3.20. The van der Waals surface area contributed by atoms with Crippen LogP contribution in [0.15, 0.2) is 36.4 Å². The van der Waals surface area contributed by atoms with Crippen molar-refractivity contribution < 1.29 is 9.47 Å². The molecule has 0 fully saturated rings. The molecule has 1 atom stereocenters. The minimum Gasteiger partial charge on any atom is -0.494 e. The lowest BCUT2D eigenvalue weighted by Gasteiger charge is -2.12. The van der Waals surface area contributed by atoms with Gasteiger partial charge in [-0.15, -0.1) is 10.2 Å². The molecule has 0 saturated heterocycles. The monoisotopic (exact) mass is 259 g/mol. The number of nitrogens with two attached hydrogens (primary N) is 1. The highest BCUT2D eigenvalue weighted by molar-refractivity contribution is 5.33. The zero-order valence-electron chi connectivity index (χ0n) is 11.0. The lowest BCUT2D eigenvalue weighted by atomic mass is 10.0. The van der Waals surface area contributed by atoms with E-state index < -0.39 is 0 Å². The number of aromatic nitrogens is 2. The van der Waals surface area contributed by atoms with Crippen molar-refractivity contribution in [2.24, 2.45) is 5.73 Å². The quantitative estimate of drug-likeness (QED) is 0.888. The van der Waals surface area contributed by atoms with E-state index >= 15 is 0 Å². The van der Waals surface area contributed by atoms with Gasteiger partial charge in [-0.05, 0) is 30.7 Å². The van der Waals surface area contributed by atoms with Crippen LogP contribution in [0.5, 0.6) is 11.6 Å². The van der Waals surface area contributed by atoms with Crippen LogP contribution in [0.2, 0.25) is 0 Å². The van der Waals surface area contributed by atoms with Gasteiger partial charge in [0, 0.05) is 6.07 Å². The molecule has 0 bridgehead atoms. The third-order valence-corrected chi connectivity index (χ3v) is 2.74. The number of nitrogens with zero attached hydrogens (tertiary/aromatic N) is 2. The van der Waals surface area contributed by atoms with Crippen molar-refractivity contribution in [3.63, 3.8) is 0 Å². The Kier molecular flexibility index (Phi) is 4.30. The molecule has 5 nitrogen and oxygen atoms in total. The summed E-state index contributed by atoms with van der Waals surface area (Å²) in [6.45, 7) is 2.60. The number of hydrogen-bond acceptors (Lipinski definition) is 5. The van der Waals surface area contributed by atoms with Crippen LogP contribution in [-0.2, 0) is 0 Å². The predicted molar refractivity (Wildman–Crippen MR) is 72.2 cm³/mol. The van der Waals surface area contributed by atoms with Crippen LogP contribution in [0, 0.1) is 0 Å². The van der Waals surface area contributed by atoms with Gasteiger partial charge in [-0.25, -0.2) is 0 Å². The van der Waals surface area contributed by atoms with Crippen molar-refractivity contribution >= 4 is 0 Å². The fraction of sp³-hybridized carbons (Fsp3) is 0.286. The second-order valence-electron chi connectivity index (χ2n) is 3.98.